The summed E-state index contributed by atoms with van der Waals surface area (Å²) in [4.78, 5) is 9.31. The smallest absolute Gasteiger partial charge is 0.493 e. The van der Waals surface area contributed by atoms with E-state index in [-0.39, 0.29) is 21.1 Å². The summed E-state index contributed by atoms with van der Waals surface area (Å²) < 4.78 is 20.0. The molecule has 0 fully saturated rings. The van der Waals surface area contributed by atoms with Crippen LogP contribution in [0.15, 0.2) is 346 Å². The number of rotatable bonds is 15. The van der Waals surface area contributed by atoms with Crippen molar-refractivity contribution in [1.82, 2.24) is 37.0 Å². The topological polar surface area (TPSA) is 63.5 Å². The number of hydrogen-bond donors (Lipinski definition) is 0. The van der Waals surface area contributed by atoms with Crippen LogP contribution >= 0.6 is 0 Å². The van der Waals surface area contributed by atoms with Crippen molar-refractivity contribution < 1.29 is 25.8 Å². The van der Waals surface area contributed by atoms with Crippen LogP contribution in [-0.2, 0) is 33.9 Å². The third-order valence-electron chi connectivity index (χ3n) is 25.1. The minimum absolute atomic E-state index is 0. The van der Waals surface area contributed by atoms with Gasteiger partial charge in [0.15, 0.2) is 0 Å². The fourth-order valence-corrected chi connectivity index (χ4v) is 18.5. The van der Waals surface area contributed by atoms with Crippen LogP contribution in [0.4, 0.5) is 0 Å². The van der Waals surface area contributed by atoms with Crippen LogP contribution in [0.25, 0.3) is 176 Å². The first-order valence-corrected chi connectivity index (χ1v) is 43.3. The van der Waals surface area contributed by atoms with E-state index < -0.39 is 0 Å². The zero-order valence-electron chi connectivity index (χ0n) is 70.7. The van der Waals surface area contributed by atoms with Crippen LogP contribution in [0.2, 0.25) is 0 Å². The van der Waals surface area contributed by atoms with Gasteiger partial charge in [-0.25, -0.2) is 0 Å². The molecule has 0 aliphatic carbocycles. The van der Waals surface area contributed by atoms with Gasteiger partial charge < -0.3 is 31.8 Å². The molecule has 0 spiro atoms. The van der Waals surface area contributed by atoms with Gasteiger partial charge in [-0.1, -0.05) is 248 Å². The summed E-state index contributed by atoms with van der Waals surface area (Å²) in [5, 5.41) is 17.3. The number of nitrogens with zero attached hydrogens (tertiary/aromatic N) is 8. The molecule has 3 atom stereocenters. The van der Waals surface area contributed by atoms with E-state index in [4.69, 9.17) is 4.74 Å². The Morgan fingerprint density at radius 2 is 0.634 bits per heavy atom. The summed E-state index contributed by atoms with van der Waals surface area (Å²) in [7, 11) is 0. The van der Waals surface area contributed by atoms with Crippen LogP contribution in [0, 0.1) is 43.7 Å². The van der Waals surface area contributed by atoms with Crippen LogP contribution in [-0.4, -0.2) is 43.6 Å². The van der Waals surface area contributed by atoms with Crippen molar-refractivity contribution >= 4 is 142 Å². The first-order valence-electron chi connectivity index (χ1n) is 43.3. The Kier molecular flexibility index (Phi) is 21.8. The summed E-state index contributed by atoms with van der Waals surface area (Å²) >= 11 is 0. The molecule has 0 saturated carbocycles. The van der Waals surface area contributed by atoms with Gasteiger partial charge in [-0.3, -0.25) is 9.97 Å². The quantitative estimate of drug-likeness (QED) is 0.0759. The minimum Gasteiger partial charge on any atom is -0.493 e. The summed E-state index contributed by atoms with van der Waals surface area (Å²) in [6.07, 6.45) is 9.82. The Morgan fingerprint density at radius 3 is 1.10 bits per heavy atom. The van der Waals surface area contributed by atoms with E-state index in [1.807, 2.05) is 38.1 Å². The second kappa shape index (κ2) is 33.8. The molecule has 123 heavy (non-hydrogen) atoms. The van der Waals surface area contributed by atoms with E-state index in [9.17, 15) is 0 Å². The van der Waals surface area contributed by atoms with Gasteiger partial charge in [0.2, 0.25) is 0 Å². The molecule has 23 rings (SSSR count). The van der Waals surface area contributed by atoms with Crippen molar-refractivity contribution in [3.63, 3.8) is 0 Å². The molecule has 10 heteroatoms. The summed E-state index contributed by atoms with van der Waals surface area (Å²) in [5.74, 6) is 2.78. The van der Waals surface area contributed by atoms with Gasteiger partial charge in [0.25, 0.3) is 0 Å². The minimum atomic E-state index is 0. The van der Waals surface area contributed by atoms with Crippen LogP contribution < -0.4 is 4.74 Å². The van der Waals surface area contributed by atoms with Crippen molar-refractivity contribution in [3.8, 4) is 39.6 Å². The predicted octanol–water partition coefficient (Wildman–Crippen LogP) is 29.5. The van der Waals surface area contributed by atoms with Crippen molar-refractivity contribution in [3.05, 3.63) is 381 Å². The number of aromatic nitrogens is 8. The Labute approximate surface area is 731 Å². The first-order chi connectivity index (χ1) is 59.9. The molecule has 0 amide bonds. The maximum atomic E-state index is 6.00. The zero-order valence-corrected chi connectivity index (χ0v) is 73.0. The summed E-state index contributed by atoms with van der Waals surface area (Å²) in [6, 6.07) is 127. The number of aryl methyl sites for hydroxylation is 2. The monoisotopic (exact) mass is 1780 g/mol. The fourth-order valence-electron chi connectivity index (χ4n) is 18.5. The van der Waals surface area contributed by atoms with E-state index in [2.05, 4.69) is 412 Å². The Bertz CT molecular complexity index is 7560. The molecule has 3 unspecified atom stereocenters. The number of benzene rings is 15. The molecule has 0 aliphatic rings. The van der Waals surface area contributed by atoms with Crippen LogP contribution in [0.3, 0.4) is 0 Å². The number of imidazole rings is 2. The Morgan fingerprint density at radius 1 is 0.293 bits per heavy atom. The number of ether oxygens (including phenoxy) is 1. The molecule has 0 bridgehead atoms. The molecule has 604 valence electrons. The molecule has 9 nitrogen and oxygen atoms in total. The normalized spacial score (nSPS) is 12.4. The van der Waals surface area contributed by atoms with Gasteiger partial charge in [-0.2, -0.15) is 0 Å². The van der Waals surface area contributed by atoms with E-state index in [1.54, 1.807) is 0 Å². The van der Waals surface area contributed by atoms with E-state index in [0.717, 1.165) is 70.6 Å². The fraction of sp³-hybridized carbons (Fsp3) is 0.150. The van der Waals surface area contributed by atoms with E-state index >= 15 is 0 Å². The van der Waals surface area contributed by atoms with Crippen molar-refractivity contribution in [2.75, 3.05) is 6.61 Å². The van der Waals surface area contributed by atoms with Gasteiger partial charge in [0.1, 0.15) is 5.75 Å². The van der Waals surface area contributed by atoms with E-state index in [0.29, 0.717) is 17.8 Å². The standard InChI is InChI=1S/C41H34N2.C35H30N2.C21H21N2O.C16H11N2.Pt/c1-3-28(2)24-29-12-10-14-32(25-29)42-40-21-9-6-18-36(40)37-27-31(22-23-41(37)42)30-13-11-15-33(26-30)43-38-19-7-4-16-34(38)35-17-5-8-20-39(35)43;1-3-24(2)20-25-21-26(36-32-16-8-4-12-28(32)29-13-5-9-17-33(29)36)23-27(22-25)37-34-18-10-6-14-30(34)31-15-7-11-19-35(31)37;1-4-14(2)13-24-16-9-10-20-19(11-16)17-7-5-6-8-18(17)21-22-15(3)12-23(20)21;1-11-10-18-15-9-5-4-7-13(15)12-6-2-3-8-14(12)16(18)17-11;/h4-23,25-28H,3,24H2,1-2H3;4-19,21-24H,3,20H2,1-2H3;5-7,9-12,14H,4,13H2,1-3H3;2-7,9-10H,1H3;/q;;2*-1;+2. The molecular formula is C113H96N8OPt. The summed E-state index contributed by atoms with van der Waals surface area (Å²) in [6.45, 7) is 18.5. The Balaban J connectivity index is 0.000000113. The summed E-state index contributed by atoms with van der Waals surface area (Å²) in [5.41, 5.74) is 26.3. The number of fused-ring (bicyclic) bond motifs is 24. The van der Waals surface area contributed by atoms with Crippen molar-refractivity contribution in [1.29, 1.82) is 0 Å². The Hall–Kier alpha value is -13.6. The zero-order chi connectivity index (χ0) is 82.6. The second-order valence-electron chi connectivity index (χ2n) is 33.3. The third-order valence-corrected chi connectivity index (χ3v) is 25.1. The van der Waals surface area contributed by atoms with Crippen molar-refractivity contribution in [2.24, 2.45) is 17.8 Å². The predicted molar refractivity (Wildman–Crippen MR) is 514 cm³/mol. The van der Waals surface area contributed by atoms with Gasteiger partial charge in [0, 0.05) is 101 Å². The van der Waals surface area contributed by atoms with Crippen LogP contribution in [0.5, 0.6) is 5.75 Å². The van der Waals surface area contributed by atoms with Gasteiger partial charge in [0.05, 0.1) is 62.0 Å². The molecule has 8 heterocycles. The first kappa shape index (κ1) is 79.2. The van der Waals surface area contributed by atoms with Gasteiger partial charge in [-0.05, 0) is 199 Å². The largest absolute Gasteiger partial charge is 2.00 e. The second-order valence-corrected chi connectivity index (χ2v) is 33.3. The maximum absolute atomic E-state index is 6.00. The molecular weight excluding hydrogens is 1680 g/mol. The molecule has 0 N–H and O–H groups in total. The molecule has 15 aromatic carbocycles. The van der Waals surface area contributed by atoms with Crippen molar-refractivity contribution in [2.45, 2.75) is 87.5 Å². The van der Waals surface area contributed by atoms with Gasteiger partial charge in [-0.15, -0.1) is 59.3 Å². The molecule has 23 aromatic rings. The number of pyridine rings is 2. The SMILES string of the molecule is CCC(C)COc1ccc2c(c1)c1ccc[c-]c1c1nc(C)cn21.CCC(C)Cc1cc(-n2c3ccccc3c3ccccc32)cc(-n2c3ccccc3c3ccccc32)c1.CCC(C)Cc1cccc(-n2c3ccccc3c3cc(-c4cccc(-n5c6ccccc6c6ccccc65)c4)ccc32)c1.Cc1cn2c3ccccc3c3ccc[c-]c3c2n1.[Pt+2]. The average Bonchev–Trinajstić information content (AvgIpc) is 1.61. The molecule has 0 aliphatic heterocycles. The number of hydrogen-bond acceptors (Lipinski definition) is 3. The molecule has 8 aromatic heterocycles. The number of para-hydroxylation sites is 8. The third kappa shape index (κ3) is 14.7. The molecule has 0 radical (unpaired) electrons. The van der Waals surface area contributed by atoms with Crippen LogP contribution in [0.1, 0.15) is 83.3 Å². The van der Waals surface area contributed by atoms with Gasteiger partial charge >= 0.3 is 21.1 Å². The molecule has 0 saturated heterocycles. The maximum Gasteiger partial charge on any atom is 2.00 e. The average molecular weight is 1780 g/mol. The van der Waals surface area contributed by atoms with E-state index in [1.165, 1.54) is 172 Å².